The molecule has 3 atom stereocenters. The van der Waals surface area contributed by atoms with Gasteiger partial charge in [-0.15, -0.1) is 0 Å². The number of halogens is 1. The zero-order valence-corrected chi connectivity index (χ0v) is 19.3. The number of imide groups is 1. The minimum atomic E-state index is -2.05. The third kappa shape index (κ3) is 3.07. The quantitative estimate of drug-likeness (QED) is 0.411. The number of hydrogen-bond acceptors (Lipinski definition) is 5. The molecule has 2 aliphatic heterocycles. The van der Waals surface area contributed by atoms with Gasteiger partial charge in [0.2, 0.25) is 29.0 Å². The Morgan fingerprint density at radius 1 is 0.771 bits per heavy atom. The van der Waals surface area contributed by atoms with Gasteiger partial charge in [-0.3, -0.25) is 24.1 Å². The van der Waals surface area contributed by atoms with Crippen molar-refractivity contribution in [2.45, 2.75) is 18.1 Å². The number of carbonyl (C=O) groups is 4. The molecule has 6 nitrogen and oxygen atoms in total. The minimum absolute atomic E-state index is 0.160. The van der Waals surface area contributed by atoms with Gasteiger partial charge >= 0.3 is 0 Å². The standard InChI is InChI=1S/C28H20ClNO5/c29-18-12-10-17(11-13-18)23-21-22(27(34)30(26(21)33)15-14-16-6-2-1-3-7-16)28(35-23)24(31)19-8-4-5-9-20(19)25(28)32/h1-13,21-23H,14-15H2/t21-,22+,23+/m0/s1. The van der Waals surface area contributed by atoms with E-state index in [2.05, 4.69) is 0 Å². The molecule has 2 saturated heterocycles. The fraction of sp³-hybridized carbons (Fsp3) is 0.214. The SMILES string of the molecule is O=C1[C@@H]2[C@@H](c3ccc(Cl)cc3)OC3(C(=O)c4ccccc4C3=O)[C@H]2C(=O)N1CCc1ccccc1. The molecule has 1 spiro atoms. The minimum Gasteiger partial charge on any atom is -0.349 e. The van der Waals surface area contributed by atoms with E-state index in [-0.39, 0.29) is 17.7 Å². The molecule has 2 heterocycles. The summed E-state index contributed by atoms with van der Waals surface area (Å²) in [5.41, 5.74) is -0.0472. The molecule has 7 heteroatoms. The Balaban J connectivity index is 1.44. The van der Waals surface area contributed by atoms with Gasteiger partial charge < -0.3 is 4.74 Å². The van der Waals surface area contributed by atoms with Crippen LogP contribution in [0.1, 0.15) is 37.9 Å². The van der Waals surface area contributed by atoms with Crippen LogP contribution >= 0.6 is 11.6 Å². The third-order valence-corrected chi connectivity index (χ3v) is 7.53. The number of nitrogens with zero attached hydrogens (tertiary/aromatic N) is 1. The highest BCUT2D eigenvalue weighted by Gasteiger charge is 2.74. The molecule has 1 aliphatic carbocycles. The van der Waals surface area contributed by atoms with Crippen molar-refractivity contribution in [3.8, 4) is 0 Å². The number of rotatable bonds is 4. The van der Waals surface area contributed by atoms with Crippen molar-refractivity contribution in [3.05, 3.63) is 106 Å². The molecule has 0 bridgehead atoms. The highest BCUT2D eigenvalue weighted by molar-refractivity contribution is 6.35. The highest BCUT2D eigenvalue weighted by Crippen LogP contribution is 2.57. The van der Waals surface area contributed by atoms with E-state index >= 15 is 0 Å². The molecule has 0 radical (unpaired) electrons. The first-order chi connectivity index (χ1) is 16.9. The molecular weight excluding hydrogens is 466 g/mol. The molecule has 3 aromatic rings. The van der Waals surface area contributed by atoms with Crippen LogP contribution in [0.3, 0.4) is 0 Å². The van der Waals surface area contributed by atoms with Crippen molar-refractivity contribution < 1.29 is 23.9 Å². The molecular formula is C28H20ClNO5. The average molecular weight is 486 g/mol. The van der Waals surface area contributed by atoms with Gasteiger partial charge in [0.25, 0.3) is 0 Å². The monoisotopic (exact) mass is 485 g/mol. The second kappa shape index (κ2) is 7.97. The van der Waals surface area contributed by atoms with Gasteiger partial charge in [0.05, 0.1) is 17.9 Å². The van der Waals surface area contributed by atoms with Crippen LogP contribution in [0.4, 0.5) is 0 Å². The van der Waals surface area contributed by atoms with Gasteiger partial charge in [0.1, 0.15) is 0 Å². The van der Waals surface area contributed by atoms with Crippen LogP contribution in [-0.2, 0) is 20.7 Å². The zero-order chi connectivity index (χ0) is 24.3. The Hall–Kier alpha value is -3.61. The molecule has 174 valence electrons. The maximum atomic E-state index is 13.8. The summed E-state index contributed by atoms with van der Waals surface area (Å²) in [7, 11) is 0. The Kier molecular flexibility index (Phi) is 4.99. The van der Waals surface area contributed by atoms with Crippen molar-refractivity contribution in [3.63, 3.8) is 0 Å². The molecule has 0 unspecified atom stereocenters. The molecule has 2 amide bonds. The number of Topliss-reactive ketones (excluding diaryl/α,β-unsaturated/α-hetero) is 2. The van der Waals surface area contributed by atoms with Gasteiger partial charge in [-0.2, -0.15) is 0 Å². The first-order valence-electron chi connectivity index (χ1n) is 11.4. The molecule has 0 N–H and O–H groups in total. The summed E-state index contributed by atoms with van der Waals surface area (Å²) in [6.45, 7) is 0.160. The maximum absolute atomic E-state index is 13.8. The lowest BCUT2D eigenvalue weighted by molar-refractivity contribution is -0.144. The van der Waals surface area contributed by atoms with Crippen LogP contribution in [-0.4, -0.2) is 40.4 Å². The molecule has 3 aromatic carbocycles. The van der Waals surface area contributed by atoms with Gasteiger partial charge in [0.15, 0.2) is 0 Å². The zero-order valence-electron chi connectivity index (χ0n) is 18.5. The highest BCUT2D eigenvalue weighted by atomic mass is 35.5. The molecule has 6 rings (SSSR count). The lowest BCUT2D eigenvalue weighted by Gasteiger charge is -2.27. The van der Waals surface area contributed by atoms with E-state index in [1.807, 2.05) is 30.3 Å². The molecule has 2 fully saturated rings. The summed E-state index contributed by atoms with van der Waals surface area (Å²) in [5, 5.41) is 0.497. The number of fused-ring (bicyclic) bond motifs is 3. The van der Waals surface area contributed by atoms with Crippen LogP contribution in [0, 0.1) is 11.8 Å². The van der Waals surface area contributed by atoms with Crippen LogP contribution in [0.25, 0.3) is 0 Å². The Morgan fingerprint density at radius 2 is 1.37 bits per heavy atom. The van der Waals surface area contributed by atoms with Crippen molar-refractivity contribution in [1.29, 1.82) is 0 Å². The Morgan fingerprint density at radius 3 is 2.00 bits per heavy atom. The number of ether oxygens (including phenoxy) is 1. The summed E-state index contributed by atoms with van der Waals surface area (Å²) < 4.78 is 6.25. The van der Waals surface area contributed by atoms with Gasteiger partial charge in [-0.05, 0) is 29.7 Å². The molecule has 0 saturated carbocycles. The van der Waals surface area contributed by atoms with Crippen LogP contribution in [0.5, 0.6) is 0 Å². The fourth-order valence-corrected chi connectivity index (χ4v) is 5.76. The van der Waals surface area contributed by atoms with E-state index in [1.165, 1.54) is 4.90 Å². The van der Waals surface area contributed by atoms with E-state index < -0.39 is 46.9 Å². The van der Waals surface area contributed by atoms with E-state index in [1.54, 1.807) is 48.5 Å². The number of benzene rings is 3. The van der Waals surface area contributed by atoms with E-state index in [0.29, 0.717) is 17.0 Å². The predicted octanol–water partition coefficient (Wildman–Crippen LogP) is 4.07. The summed E-state index contributed by atoms with van der Waals surface area (Å²) >= 11 is 6.05. The fourth-order valence-electron chi connectivity index (χ4n) is 5.64. The number of ketones is 2. The van der Waals surface area contributed by atoms with Crippen LogP contribution in [0.2, 0.25) is 5.02 Å². The molecule has 3 aliphatic rings. The van der Waals surface area contributed by atoms with Crippen LogP contribution in [0.15, 0.2) is 78.9 Å². The first kappa shape index (κ1) is 21.9. The van der Waals surface area contributed by atoms with Crippen molar-refractivity contribution in [1.82, 2.24) is 4.90 Å². The second-order valence-corrected chi connectivity index (χ2v) is 9.53. The maximum Gasteiger partial charge on any atom is 0.237 e. The van der Waals surface area contributed by atoms with Crippen molar-refractivity contribution in [2.75, 3.05) is 6.54 Å². The normalized spacial score (nSPS) is 24.4. The van der Waals surface area contributed by atoms with Crippen molar-refractivity contribution >= 4 is 35.0 Å². The van der Waals surface area contributed by atoms with E-state index in [0.717, 1.165) is 5.56 Å². The summed E-state index contributed by atoms with van der Waals surface area (Å²) in [6, 6.07) is 22.7. The molecule has 35 heavy (non-hydrogen) atoms. The predicted molar refractivity (Wildman–Crippen MR) is 127 cm³/mol. The summed E-state index contributed by atoms with van der Waals surface area (Å²) in [5.74, 6) is -4.29. The number of carbonyl (C=O) groups excluding carboxylic acids is 4. The smallest absolute Gasteiger partial charge is 0.237 e. The van der Waals surface area contributed by atoms with Gasteiger partial charge in [-0.25, -0.2) is 0 Å². The van der Waals surface area contributed by atoms with Gasteiger partial charge in [-0.1, -0.05) is 78.3 Å². The topological polar surface area (TPSA) is 80.8 Å². The van der Waals surface area contributed by atoms with E-state index in [4.69, 9.17) is 16.3 Å². The van der Waals surface area contributed by atoms with Crippen molar-refractivity contribution in [2.24, 2.45) is 11.8 Å². The largest absolute Gasteiger partial charge is 0.349 e. The Bertz CT molecular complexity index is 1350. The number of hydrogen-bond donors (Lipinski definition) is 0. The number of likely N-dealkylation sites (tertiary alicyclic amines) is 1. The third-order valence-electron chi connectivity index (χ3n) is 7.28. The molecule has 0 aromatic heterocycles. The summed E-state index contributed by atoms with van der Waals surface area (Å²) in [4.78, 5) is 56.0. The van der Waals surface area contributed by atoms with E-state index in [9.17, 15) is 19.2 Å². The van der Waals surface area contributed by atoms with Gasteiger partial charge in [0, 0.05) is 22.7 Å². The van der Waals surface area contributed by atoms with Crippen LogP contribution < -0.4 is 0 Å². The first-order valence-corrected chi connectivity index (χ1v) is 11.8. The lowest BCUT2D eigenvalue weighted by Crippen LogP contribution is -2.51. The number of amides is 2. The lowest BCUT2D eigenvalue weighted by atomic mass is 9.77. The second-order valence-electron chi connectivity index (χ2n) is 9.10. The Labute approximate surface area is 206 Å². The summed E-state index contributed by atoms with van der Waals surface area (Å²) in [6.07, 6.45) is -0.461. The average Bonchev–Trinajstić information content (AvgIpc) is 3.44.